The van der Waals surface area contributed by atoms with Crippen LogP contribution in [0.4, 0.5) is 34.1 Å². The first-order chi connectivity index (χ1) is 33.7. The van der Waals surface area contributed by atoms with Crippen LogP contribution in [0.2, 0.25) is 0 Å². The summed E-state index contributed by atoms with van der Waals surface area (Å²) in [6.07, 6.45) is 0. The van der Waals surface area contributed by atoms with Crippen LogP contribution in [-0.2, 0) is 5.41 Å². The maximum Gasteiger partial charge on any atom is 0.137 e. The summed E-state index contributed by atoms with van der Waals surface area (Å²) < 4.78 is 6.51. The van der Waals surface area contributed by atoms with Crippen LogP contribution in [0.3, 0.4) is 0 Å². The summed E-state index contributed by atoms with van der Waals surface area (Å²) >= 11 is 0. The van der Waals surface area contributed by atoms with Crippen LogP contribution >= 0.6 is 0 Å². The second-order valence-electron chi connectivity index (χ2n) is 17.7. The van der Waals surface area contributed by atoms with E-state index in [1.54, 1.807) is 0 Å². The van der Waals surface area contributed by atoms with Gasteiger partial charge in [-0.15, -0.1) is 0 Å². The first-order valence-electron chi connectivity index (χ1n) is 23.3. The molecule has 13 rings (SSSR count). The number of hydrogen-bond acceptors (Lipinski definition) is 3. The summed E-state index contributed by atoms with van der Waals surface area (Å²) in [6.45, 7) is 0. The van der Waals surface area contributed by atoms with Crippen molar-refractivity contribution in [2.24, 2.45) is 0 Å². The maximum atomic E-state index is 6.51. The Morgan fingerprint density at radius 2 is 0.779 bits per heavy atom. The van der Waals surface area contributed by atoms with E-state index in [0.29, 0.717) is 0 Å². The summed E-state index contributed by atoms with van der Waals surface area (Å²) in [4.78, 5) is 4.73. The lowest BCUT2D eigenvalue weighted by atomic mass is 9.67. The van der Waals surface area contributed by atoms with Crippen molar-refractivity contribution in [1.82, 2.24) is 0 Å². The third kappa shape index (κ3) is 6.43. The second kappa shape index (κ2) is 16.2. The molecule has 12 aromatic rings. The standard InChI is InChI=1S/C65H44N2O/c1-3-19-49(20-4-1)65(61-30-12-9-27-57(61)58-28-10-13-31-62(58)65)50-21-15-24-53(42-50)66(51-22-5-2-6-23-51)54-25-16-26-55(43-54)67(56-39-40-60-59-29-11-14-32-63(59)68-64(60)44-56)52-37-35-46(36-38-52)48-34-33-45-17-7-8-18-47(45)41-48/h1-44H. The molecule has 1 aliphatic carbocycles. The van der Waals surface area contributed by atoms with Gasteiger partial charge >= 0.3 is 0 Å². The number of anilines is 6. The molecule has 320 valence electrons. The van der Waals surface area contributed by atoms with E-state index in [4.69, 9.17) is 4.42 Å². The first kappa shape index (κ1) is 39.4. The number of para-hydroxylation sites is 2. The minimum atomic E-state index is -0.528. The number of hydrogen-bond donors (Lipinski definition) is 0. The molecular formula is C65H44N2O. The van der Waals surface area contributed by atoms with Crippen LogP contribution in [0.25, 0.3) is 55.0 Å². The SMILES string of the molecule is c1ccc(N(c2cccc(N(c3ccc(-c4ccc5ccccc5c4)cc3)c3ccc4c(c3)oc3ccccc34)c2)c2cccc(C3(c4ccccc4)c4ccccc4-c4ccccc43)c2)cc1. The van der Waals surface area contributed by atoms with Gasteiger partial charge < -0.3 is 14.2 Å². The van der Waals surface area contributed by atoms with E-state index in [9.17, 15) is 0 Å². The van der Waals surface area contributed by atoms with Gasteiger partial charge in [-0.1, -0.05) is 182 Å². The molecule has 0 aliphatic heterocycles. The zero-order valence-corrected chi connectivity index (χ0v) is 37.2. The zero-order valence-electron chi connectivity index (χ0n) is 37.2. The van der Waals surface area contributed by atoms with Crippen LogP contribution < -0.4 is 9.80 Å². The summed E-state index contributed by atoms with van der Waals surface area (Å²) in [5.74, 6) is 0. The summed E-state index contributed by atoms with van der Waals surface area (Å²) in [5.41, 5.74) is 17.4. The zero-order chi connectivity index (χ0) is 45.0. The number of benzene rings is 11. The highest BCUT2D eigenvalue weighted by molar-refractivity contribution is 6.06. The lowest BCUT2D eigenvalue weighted by Gasteiger charge is -2.35. The predicted octanol–water partition coefficient (Wildman–Crippen LogP) is 17.7. The van der Waals surface area contributed by atoms with Crippen molar-refractivity contribution in [3.8, 4) is 22.3 Å². The van der Waals surface area contributed by atoms with Gasteiger partial charge in [0.2, 0.25) is 0 Å². The lowest BCUT2D eigenvalue weighted by Crippen LogP contribution is -2.28. The monoisotopic (exact) mass is 868 g/mol. The number of rotatable bonds is 9. The molecule has 0 spiro atoms. The Morgan fingerprint density at radius 1 is 0.279 bits per heavy atom. The van der Waals surface area contributed by atoms with Gasteiger partial charge in [-0.25, -0.2) is 0 Å². The van der Waals surface area contributed by atoms with Crippen molar-refractivity contribution >= 4 is 66.8 Å². The third-order valence-corrected chi connectivity index (χ3v) is 13.9. The minimum absolute atomic E-state index is 0.528. The van der Waals surface area contributed by atoms with Crippen molar-refractivity contribution in [1.29, 1.82) is 0 Å². The fourth-order valence-electron chi connectivity index (χ4n) is 10.9. The number of furan rings is 1. The molecule has 0 N–H and O–H groups in total. The normalized spacial score (nSPS) is 12.5. The smallest absolute Gasteiger partial charge is 0.137 e. The topological polar surface area (TPSA) is 19.6 Å². The number of nitrogens with zero attached hydrogens (tertiary/aromatic N) is 2. The fraction of sp³-hybridized carbons (Fsp3) is 0.0154. The van der Waals surface area contributed by atoms with Gasteiger partial charge in [0.05, 0.1) is 5.41 Å². The van der Waals surface area contributed by atoms with Gasteiger partial charge in [-0.2, -0.15) is 0 Å². The molecular weight excluding hydrogens is 825 g/mol. The van der Waals surface area contributed by atoms with Crippen LogP contribution in [0, 0.1) is 0 Å². The van der Waals surface area contributed by atoms with Crippen LogP contribution in [-0.4, -0.2) is 0 Å². The Kier molecular flexibility index (Phi) is 9.40. The highest BCUT2D eigenvalue weighted by Gasteiger charge is 2.46. The molecule has 11 aromatic carbocycles. The number of fused-ring (bicyclic) bond motifs is 7. The molecule has 68 heavy (non-hydrogen) atoms. The molecule has 0 saturated carbocycles. The van der Waals surface area contributed by atoms with E-state index >= 15 is 0 Å². The average Bonchev–Trinajstić information content (AvgIpc) is 3.93. The van der Waals surface area contributed by atoms with E-state index in [1.165, 1.54) is 49.7 Å². The van der Waals surface area contributed by atoms with E-state index in [1.807, 2.05) is 12.1 Å². The Hall–Kier alpha value is -8.92. The molecule has 1 aromatic heterocycles. The largest absolute Gasteiger partial charge is 0.456 e. The van der Waals surface area contributed by atoms with E-state index in [0.717, 1.165) is 61.6 Å². The van der Waals surface area contributed by atoms with E-state index in [2.05, 4.69) is 265 Å². The summed E-state index contributed by atoms with van der Waals surface area (Å²) in [5, 5.41) is 4.68. The molecule has 0 amide bonds. The predicted molar refractivity (Wildman–Crippen MR) is 283 cm³/mol. The molecule has 0 unspecified atom stereocenters. The molecule has 3 nitrogen and oxygen atoms in total. The van der Waals surface area contributed by atoms with Crippen molar-refractivity contribution in [3.05, 3.63) is 289 Å². The molecule has 3 heteroatoms. The van der Waals surface area contributed by atoms with Crippen molar-refractivity contribution in [2.75, 3.05) is 9.80 Å². The highest BCUT2D eigenvalue weighted by atomic mass is 16.3. The quantitative estimate of drug-likeness (QED) is 0.144. The Labute approximate surface area is 396 Å². The van der Waals surface area contributed by atoms with E-state index in [-0.39, 0.29) is 0 Å². The average molecular weight is 869 g/mol. The van der Waals surface area contributed by atoms with Crippen LogP contribution in [0.1, 0.15) is 22.3 Å². The molecule has 1 aliphatic rings. The molecule has 1 heterocycles. The van der Waals surface area contributed by atoms with Crippen molar-refractivity contribution < 1.29 is 4.42 Å². The molecule has 0 saturated heterocycles. The summed E-state index contributed by atoms with van der Waals surface area (Å²) in [6, 6.07) is 96.8. The second-order valence-corrected chi connectivity index (χ2v) is 17.7. The van der Waals surface area contributed by atoms with Gasteiger partial charge in [0.25, 0.3) is 0 Å². The van der Waals surface area contributed by atoms with Gasteiger partial charge in [0.1, 0.15) is 11.2 Å². The Bertz CT molecular complexity index is 3770. The fourth-order valence-corrected chi connectivity index (χ4v) is 10.9. The minimum Gasteiger partial charge on any atom is -0.456 e. The summed E-state index contributed by atoms with van der Waals surface area (Å²) in [7, 11) is 0. The maximum absolute atomic E-state index is 6.51. The van der Waals surface area contributed by atoms with Gasteiger partial charge in [0, 0.05) is 51.0 Å². The van der Waals surface area contributed by atoms with Crippen molar-refractivity contribution in [3.63, 3.8) is 0 Å². The molecule has 0 fully saturated rings. The first-order valence-corrected chi connectivity index (χ1v) is 23.3. The van der Waals surface area contributed by atoms with Crippen LogP contribution in [0.15, 0.2) is 271 Å². The Morgan fingerprint density at radius 3 is 1.51 bits per heavy atom. The van der Waals surface area contributed by atoms with E-state index < -0.39 is 5.41 Å². The third-order valence-electron chi connectivity index (χ3n) is 13.9. The molecule has 0 atom stereocenters. The van der Waals surface area contributed by atoms with Gasteiger partial charge in [-0.05, 0) is 134 Å². The van der Waals surface area contributed by atoms with Crippen molar-refractivity contribution in [2.45, 2.75) is 5.41 Å². The molecule has 0 bridgehead atoms. The highest BCUT2D eigenvalue weighted by Crippen LogP contribution is 2.56. The lowest BCUT2D eigenvalue weighted by molar-refractivity contribution is 0.669. The van der Waals surface area contributed by atoms with Gasteiger partial charge in [-0.3, -0.25) is 0 Å². The molecule has 0 radical (unpaired) electrons. The van der Waals surface area contributed by atoms with Crippen LogP contribution in [0.5, 0.6) is 0 Å². The Balaban J connectivity index is 0.973. The van der Waals surface area contributed by atoms with Gasteiger partial charge in [0.15, 0.2) is 0 Å².